The quantitative estimate of drug-likeness (QED) is 0.630. The summed E-state index contributed by atoms with van der Waals surface area (Å²) in [4.78, 5) is 15.6. The number of nitrogen functional groups attached to an aromatic ring is 1. The fourth-order valence-corrected chi connectivity index (χ4v) is 1.43. The van der Waals surface area contributed by atoms with Crippen molar-refractivity contribution < 1.29 is 9.53 Å². The fraction of sp³-hybridized carbons (Fsp3) is 0.400. The van der Waals surface area contributed by atoms with Crippen LogP contribution in [-0.4, -0.2) is 16.6 Å². The van der Waals surface area contributed by atoms with Crippen molar-refractivity contribution in [2.75, 3.05) is 5.73 Å². The average molecular weight is 273 g/mol. The molecule has 0 amide bonds. The van der Waals surface area contributed by atoms with Gasteiger partial charge in [-0.2, -0.15) is 0 Å². The van der Waals surface area contributed by atoms with Crippen LogP contribution in [0.3, 0.4) is 0 Å². The normalized spacial score (nSPS) is 11.2. The minimum atomic E-state index is -0.516. The Balaban J connectivity index is 2.92. The van der Waals surface area contributed by atoms with Crippen LogP contribution in [-0.2, 0) is 4.74 Å². The van der Waals surface area contributed by atoms with E-state index >= 15 is 0 Å². The first-order valence-corrected chi connectivity index (χ1v) is 5.24. The average Bonchev–Trinajstić information content (AvgIpc) is 1.99. The van der Waals surface area contributed by atoms with Gasteiger partial charge in [-0.3, -0.25) is 0 Å². The molecule has 0 saturated carbocycles. The highest BCUT2D eigenvalue weighted by molar-refractivity contribution is 9.10. The number of carbonyl (C=O) groups is 1. The van der Waals surface area contributed by atoms with Crippen LogP contribution in [0.25, 0.3) is 0 Å². The van der Waals surface area contributed by atoms with Crippen molar-refractivity contribution in [1.82, 2.24) is 4.98 Å². The van der Waals surface area contributed by atoms with Gasteiger partial charge in [0.1, 0.15) is 16.0 Å². The van der Waals surface area contributed by atoms with Crippen LogP contribution in [0.4, 0.5) is 5.82 Å². The zero-order valence-electron chi connectivity index (χ0n) is 8.87. The number of ether oxygens (including phenoxy) is 1. The summed E-state index contributed by atoms with van der Waals surface area (Å²) in [5, 5.41) is 0. The van der Waals surface area contributed by atoms with Crippen LogP contribution in [0, 0.1) is 0 Å². The van der Waals surface area contributed by atoms with E-state index in [1.165, 1.54) is 0 Å². The number of esters is 1. The molecule has 0 atom stereocenters. The zero-order chi connectivity index (χ0) is 11.6. The van der Waals surface area contributed by atoms with Crippen LogP contribution in [0.1, 0.15) is 31.1 Å². The number of pyridine rings is 1. The second kappa shape index (κ2) is 4.18. The molecule has 0 aliphatic heterocycles. The van der Waals surface area contributed by atoms with Crippen molar-refractivity contribution in [2.24, 2.45) is 0 Å². The maximum Gasteiger partial charge on any atom is 0.341 e. The lowest BCUT2D eigenvalue weighted by molar-refractivity contribution is 0.00680. The lowest BCUT2D eigenvalue weighted by Crippen LogP contribution is -2.24. The number of halogens is 1. The maximum absolute atomic E-state index is 11.7. The van der Waals surface area contributed by atoms with Crippen LogP contribution in [0.5, 0.6) is 0 Å². The van der Waals surface area contributed by atoms with E-state index in [1.54, 1.807) is 12.1 Å². The largest absolute Gasteiger partial charge is 0.456 e. The van der Waals surface area contributed by atoms with Gasteiger partial charge < -0.3 is 10.5 Å². The van der Waals surface area contributed by atoms with E-state index < -0.39 is 11.6 Å². The first kappa shape index (κ1) is 12.0. The van der Waals surface area contributed by atoms with Crippen LogP contribution in [0.15, 0.2) is 16.7 Å². The third-order valence-corrected chi connectivity index (χ3v) is 2.09. The number of hydrogen-bond donors (Lipinski definition) is 1. The molecule has 0 aliphatic rings. The minimum Gasteiger partial charge on any atom is -0.456 e. The van der Waals surface area contributed by atoms with E-state index in [2.05, 4.69) is 20.9 Å². The second-order valence-electron chi connectivity index (χ2n) is 4.08. The van der Waals surface area contributed by atoms with E-state index in [9.17, 15) is 4.79 Å². The minimum absolute atomic E-state index is 0.356. The highest BCUT2D eigenvalue weighted by atomic mass is 79.9. The molecule has 15 heavy (non-hydrogen) atoms. The summed E-state index contributed by atoms with van der Waals surface area (Å²) in [6.45, 7) is 5.43. The molecule has 5 heteroatoms. The molecule has 1 heterocycles. The summed E-state index contributed by atoms with van der Waals surface area (Å²) < 4.78 is 5.59. The Kier molecular flexibility index (Phi) is 3.34. The Morgan fingerprint density at radius 3 is 2.53 bits per heavy atom. The van der Waals surface area contributed by atoms with Gasteiger partial charge in [0.2, 0.25) is 0 Å². The summed E-state index contributed by atoms with van der Waals surface area (Å²) in [7, 11) is 0. The number of rotatable bonds is 1. The number of nitrogens with zero attached hydrogens (tertiary/aromatic N) is 1. The van der Waals surface area contributed by atoms with Crippen LogP contribution in [0.2, 0.25) is 0 Å². The maximum atomic E-state index is 11.7. The van der Waals surface area contributed by atoms with Gasteiger partial charge in [-0.15, -0.1) is 0 Å². The highest BCUT2D eigenvalue weighted by Gasteiger charge is 2.20. The van der Waals surface area contributed by atoms with E-state index in [1.807, 2.05) is 20.8 Å². The van der Waals surface area contributed by atoms with Crippen molar-refractivity contribution in [3.05, 3.63) is 22.3 Å². The molecule has 0 aliphatic carbocycles. The van der Waals surface area contributed by atoms with E-state index in [4.69, 9.17) is 10.5 Å². The lowest BCUT2D eigenvalue weighted by Gasteiger charge is -2.19. The Bertz CT molecular complexity index is 385. The molecule has 0 spiro atoms. The summed E-state index contributed by atoms with van der Waals surface area (Å²) >= 11 is 3.16. The van der Waals surface area contributed by atoms with E-state index in [0.29, 0.717) is 16.0 Å². The SMILES string of the molecule is CC(C)(C)OC(=O)c1ccc(N)nc1Br. The standard InChI is InChI=1S/C10H13BrN2O2/c1-10(2,3)15-9(14)6-4-5-7(12)13-8(6)11/h4-5H,1-3H3,(H2,12,13). The van der Waals surface area contributed by atoms with Crippen molar-refractivity contribution in [1.29, 1.82) is 0 Å². The molecule has 0 unspecified atom stereocenters. The molecule has 0 fully saturated rings. The molecule has 0 saturated heterocycles. The summed E-state index contributed by atoms with van der Waals surface area (Å²) in [6, 6.07) is 3.14. The van der Waals surface area contributed by atoms with Crippen molar-refractivity contribution in [3.8, 4) is 0 Å². The van der Waals surface area contributed by atoms with E-state index in [-0.39, 0.29) is 0 Å². The molecule has 82 valence electrons. The molecule has 0 aromatic carbocycles. The third-order valence-electron chi connectivity index (χ3n) is 1.49. The lowest BCUT2D eigenvalue weighted by atomic mass is 10.2. The second-order valence-corrected chi connectivity index (χ2v) is 4.83. The van der Waals surface area contributed by atoms with Gasteiger partial charge in [0.25, 0.3) is 0 Å². The molecule has 2 N–H and O–H groups in total. The Labute approximate surface area is 97.0 Å². The molecule has 0 radical (unpaired) electrons. The molecule has 1 aromatic heterocycles. The van der Waals surface area contributed by atoms with Gasteiger partial charge >= 0.3 is 5.97 Å². The zero-order valence-corrected chi connectivity index (χ0v) is 10.5. The monoisotopic (exact) mass is 272 g/mol. The van der Waals surface area contributed by atoms with Crippen LogP contribution >= 0.6 is 15.9 Å². The Morgan fingerprint density at radius 2 is 2.07 bits per heavy atom. The van der Waals surface area contributed by atoms with Gasteiger partial charge in [-0.1, -0.05) is 0 Å². The van der Waals surface area contributed by atoms with Gasteiger partial charge in [0, 0.05) is 0 Å². The number of anilines is 1. The first-order chi connectivity index (χ1) is 6.79. The van der Waals surface area contributed by atoms with Gasteiger partial charge in [-0.05, 0) is 48.8 Å². The number of carbonyl (C=O) groups excluding carboxylic acids is 1. The first-order valence-electron chi connectivity index (χ1n) is 4.45. The molecule has 0 bridgehead atoms. The van der Waals surface area contributed by atoms with Gasteiger partial charge in [0.15, 0.2) is 0 Å². The topological polar surface area (TPSA) is 65.2 Å². The molecule has 1 aromatic rings. The summed E-state index contributed by atoms with van der Waals surface area (Å²) in [5.74, 6) is -0.0592. The summed E-state index contributed by atoms with van der Waals surface area (Å²) in [5.41, 5.74) is 5.32. The number of hydrogen-bond acceptors (Lipinski definition) is 4. The summed E-state index contributed by atoms with van der Waals surface area (Å²) in [6.07, 6.45) is 0. The predicted molar refractivity (Wildman–Crippen MR) is 61.5 cm³/mol. The fourth-order valence-electron chi connectivity index (χ4n) is 0.934. The molecule has 1 rings (SSSR count). The van der Waals surface area contributed by atoms with Gasteiger partial charge in [0.05, 0.1) is 5.56 Å². The molecular formula is C10H13BrN2O2. The Hall–Kier alpha value is -1.10. The molecular weight excluding hydrogens is 260 g/mol. The molecule has 4 nitrogen and oxygen atoms in total. The highest BCUT2D eigenvalue weighted by Crippen LogP contribution is 2.19. The van der Waals surface area contributed by atoms with Crippen molar-refractivity contribution in [3.63, 3.8) is 0 Å². The van der Waals surface area contributed by atoms with Crippen LogP contribution < -0.4 is 5.73 Å². The van der Waals surface area contributed by atoms with Gasteiger partial charge in [-0.25, -0.2) is 9.78 Å². The number of aromatic nitrogens is 1. The number of nitrogens with two attached hydrogens (primary N) is 1. The van der Waals surface area contributed by atoms with E-state index in [0.717, 1.165) is 0 Å². The third kappa shape index (κ3) is 3.51. The van der Waals surface area contributed by atoms with Crippen molar-refractivity contribution >= 4 is 27.7 Å². The predicted octanol–water partition coefficient (Wildman–Crippen LogP) is 2.38. The Morgan fingerprint density at radius 1 is 1.47 bits per heavy atom. The van der Waals surface area contributed by atoms with Crippen molar-refractivity contribution in [2.45, 2.75) is 26.4 Å². The smallest absolute Gasteiger partial charge is 0.341 e.